The number of carbonyl (C=O) groups is 2. The molecule has 1 atom stereocenters. The summed E-state index contributed by atoms with van der Waals surface area (Å²) in [6.45, 7) is 5.50. The van der Waals surface area contributed by atoms with Crippen LogP contribution in [0.2, 0.25) is 0 Å². The Hall–Kier alpha value is -1.82. The van der Waals surface area contributed by atoms with E-state index in [1.807, 2.05) is 11.8 Å². The highest BCUT2D eigenvalue weighted by Gasteiger charge is 2.28. The van der Waals surface area contributed by atoms with E-state index in [9.17, 15) is 9.59 Å². The molecule has 6 nitrogen and oxygen atoms in total. The first kappa shape index (κ1) is 18.0. The van der Waals surface area contributed by atoms with Crippen LogP contribution in [0, 0.1) is 5.92 Å². The SMILES string of the molecule is CC(C(=O)NCC1CCCCC1)N1CCN(C(=O)c2ccoc2)CC1. The first-order valence-electron chi connectivity index (χ1n) is 9.48. The summed E-state index contributed by atoms with van der Waals surface area (Å²) in [6, 6.07) is 1.55. The molecule has 2 aliphatic rings. The van der Waals surface area contributed by atoms with Crippen molar-refractivity contribution in [2.24, 2.45) is 5.92 Å². The fourth-order valence-corrected chi connectivity index (χ4v) is 3.83. The fraction of sp³-hybridized carbons (Fsp3) is 0.684. The molecule has 1 saturated carbocycles. The molecule has 1 saturated heterocycles. The van der Waals surface area contributed by atoms with Crippen LogP contribution in [0.1, 0.15) is 49.4 Å². The first-order valence-corrected chi connectivity index (χ1v) is 9.48. The topological polar surface area (TPSA) is 65.8 Å². The number of furan rings is 1. The van der Waals surface area contributed by atoms with Gasteiger partial charge in [-0.05, 0) is 31.7 Å². The normalized spacial score (nSPS) is 21.1. The maximum atomic E-state index is 12.4. The highest BCUT2D eigenvalue weighted by molar-refractivity contribution is 5.93. The van der Waals surface area contributed by atoms with Gasteiger partial charge in [-0.2, -0.15) is 0 Å². The van der Waals surface area contributed by atoms with Crippen molar-refractivity contribution in [3.8, 4) is 0 Å². The van der Waals surface area contributed by atoms with Crippen molar-refractivity contribution in [2.75, 3.05) is 32.7 Å². The van der Waals surface area contributed by atoms with Crippen LogP contribution in [0.15, 0.2) is 23.0 Å². The van der Waals surface area contributed by atoms with Crippen LogP contribution < -0.4 is 5.32 Å². The van der Waals surface area contributed by atoms with Crippen molar-refractivity contribution < 1.29 is 14.0 Å². The lowest BCUT2D eigenvalue weighted by molar-refractivity contribution is -0.126. The van der Waals surface area contributed by atoms with Crippen LogP contribution in [0.4, 0.5) is 0 Å². The van der Waals surface area contributed by atoms with Gasteiger partial charge in [-0.3, -0.25) is 14.5 Å². The third kappa shape index (κ3) is 4.63. The molecule has 6 heteroatoms. The Morgan fingerprint density at radius 1 is 1.20 bits per heavy atom. The van der Waals surface area contributed by atoms with Crippen LogP contribution in [-0.4, -0.2) is 60.4 Å². The largest absolute Gasteiger partial charge is 0.472 e. The van der Waals surface area contributed by atoms with Crippen molar-refractivity contribution in [2.45, 2.75) is 45.1 Å². The number of hydrogen-bond acceptors (Lipinski definition) is 4. The number of carbonyl (C=O) groups excluding carboxylic acids is 2. The summed E-state index contributed by atoms with van der Waals surface area (Å²) in [7, 11) is 0. The third-order valence-electron chi connectivity index (χ3n) is 5.59. The van der Waals surface area contributed by atoms with E-state index in [1.54, 1.807) is 6.07 Å². The molecule has 0 bridgehead atoms. The van der Waals surface area contributed by atoms with Crippen LogP contribution in [0.25, 0.3) is 0 Å². The van der Waals surface area contributed by atoms with Crippen molar-refractivity contribution in [1.29, 1.82) is 0 Å². The molecular weight excluding hydrogens is 318 g/mol. The number of piperazine rings is 1. The van der Waals surface area contributed by atoms with Gasteiger partial charge in [-0.25, -0.2) is 0 Å². The van der Waals surface area contributed by atoms with Crippen LogP contribution >= 0.6 is 0 Å². The molecule has 2 heterocycles. The second-order valence-corrected chi connectivity index (χ2v) is 7.27. The Kier molecular flexibility index (Phi) is 6.13. The molecule has 1 aromatic heterocycles. The minimum absolute atomic E-state index is 0.00260. The zero-order valence-electron chi connectivity index (χ0n) is 15.1. The van der Waals surface area contributed by atoms with Gasteiger partial charge >= 0.3 is 0 Å². The lowest BCUT2D eigenvalue weighted by atomic mass is 9.89. The molecular formula is C19H29N3O3. The minimum Gasteiger partial charge on any atom is -0.472 e. The van der Waals surface area contributed by atoms with E-state index < -0.39 is 0 Å². The summed E-state index contributed by atoms with van der Waals surface area (Å²) in [5.74, 6) is 0.761. The number of rotatable bonds is 5. The van der Waals surface area contributed by atoms with Crippen molar-refractivity contribution in [1.82, 2.24) is 15.1 Å². The standard InChI is InChI=1S/C19H29N3O3/c1-15(18(23)20-13-16-5-3-2-4-6-16)21-8-10-22(11-9-21)19(24)17-7-12-25-14-17/h7,12,14-16H,2-6,8-11,13H2,1H3,(H,20,23). The fourth-order valence-electron chi connectivity index (χ4n) is 3.83. The molecule has 0 radical (unpaired) electrons. The summed E-state index contributed by atoms with van der Waals surface area (Å²) in [4.78, 5) is 28.7. The van der Waals surface area contributed by atoms with Gasteiger partial charge < -0.3 is 14.6 Å². The highest BCUT2D eigenvalue weighted by Crippen LogP contribution is 2.22. The van der Waals surface area contributed by atoms with Gasteiger partial charge in [-0.15, -0.1) is 0 Å². The van der Waals surface area contributed by atoms with E-state index in [0.29, 0.717) is 24.6 Å². The van der Waals surface area contributed by atoms with Crippen LogP contribution in [-0.2, 0) is 4.79 Å². The number of nitrogens with zero attached hydrogens (tertiary/aromatic N) is 2. The minimum atomic E-state index is -0.144. The highest BCUT2D eigenvalue weighted by atomic mass is 16.3. The van der Waals surface area contributed by atoms with Crippen LogP contribution in [0.3, 0.4) is 0 Å². The van der Waals surface area contributed by atoms with E-state index in [1.165, 1.54) is 44.6 Å². The second-order valence-electron chi connectivity index (χ2n) is 7.27. The Morgan fingerprint density at radius 3 is 2.56 bits per heavy atom. The van der Waals surface area contributed by atoms with E-state index in [4.69, 9.17) is 4.42 Å². The molecule has 138 valence electrons. The molecule has 2 fully saturated rings. The maximum absolute atomic E-state index is 12.4. The molecule has 3 rings (SSSR count). The van der Waals surface area contributed by atoms with Crippen molar-refractivity contribution in [3.05, 3.63) is 24.2 Å². The molecule has 1 N–H and O–H groups in total. The molecule has 0 spiro atoms. The lowest BCUT2D eigenvalue weighted by Crippen LogP contribution is -2.55. The molecule has 1 aliphatic carbocycles. The van der Waals surface area contributed by atoms with Crippen LogP contribution in [0.5, 0.6) is 0 Å². The third-order valence-corrected chi connectivity index (χ3v) is 5.59. The van der Waals surface area contributed by atoms with E-state index >= 15 is 0 Å². The zero-order chi connectivity index (χ0) is 17.6. The van der Waals surface area contributed by atoms with Gasteiger partial charge in [0.05, 0.1) is 17.9 Å². The molecule has 0 aromatic carbocycles. The average Bonchev–Trinajstić information content (AvgIpc) is 3.20. The predicted octanol–water partition coefficient (Wildman–Crippen LogP) is 2.12. The lowest BCUT2D eigenvalue weighted by Gasteiger charge is -2.37. The van der Waals surface area contributed by atoms with Gasteiger partial charge in [0.25, 0.3) is 5.91 Å². The summed E-state index contributed by atoms with van der Waals surface area (Å²) in [5, 5.41) is 3.13. The molecule has 1 unspecified atom stereocenters. The van der Waals surface area contributed by atoms with E-state index in [-0.39, 0.29) is 17.9 Å². The molecule has 25 heavy (non-hydrogen) atoms. The predicted molar refractivity (Wildman–Crippen MR) is 95.2 cm³/mol. The number of hydrogen-bond donors (Lipinski definition) is 1. The molecule has 1 aliphatic heterocycles. The van der Waals surface area contributed by atoms with Crippen molar-refractivity contribution in [3.63, 3.8) is 0 Å². The molecule has 2 amide bonds. The van der Waals surface area contributed by atoms with Gasteiger partial charge in [0.15, 0.2) is 0 Å². The maximum Gasteiger partial charge on any atom is 0.257 e. The van der Waals surface area contributed by atoms with Gasteiger partial charge in [0.2, 0.25) is 5.91 Å². The smallest absolute Gasteiger partial charge is 0.257 e. The van der Waals surface area contributed by atoms with Crippen molar-refractivity contribution >= 4 is 11.8 Å². The van der Waals surface area contributed by atoms with E-state index in [0.717, 1.165) is 19.6 Å². The summed E-state index contributed by atoms with van der Waals surface area (Å²) in [6.07, 6.45) is 9.40. The Labute approximate surface area is 149 Å². The quantitative estimate of drug-likeness (QED) is 0.886. The average molecular weight is 347 g/mol. The van der Waals surface area contributed by atoms with Gasteiger partial charge in [-0.1, -0.05) is 19.3 Å². The Balaban J connectivity index is 1.42. The van der Waals surface area contributed by atoms with Gasteiger partial charge in [0.1, 0.15) is 6.26 Å². The number of nitrogens with one attached hydrogen (secondary N) is 1. The Bertz CT molecular complexity index is 558. The summed E-state index contributed by atoms with van der Waals surface area (Å²) in [5.41, 5.74) is 0.590. The monoisotopic (exact) mass is 347 g/mol. The summed E-state index contributed by atoms with van der Waals surface area (Å²) >= 11 is 0. The summed E-state index contributed by atoms with van der Waals surface area (Å²) < 4.78 is 4.98. The first-order chi connectivity index (χ1) is 12.1. The zero-order valence-corrected chi connectivity index (χ0v) is 15.1. The van der Waals surface area contributed by atoms with Gasteiger partial charge in [0, 0.05) is 32.7 Å². The Morgan fingerprint density at radius 2 is 1.92 bits per heavy atom. The molecule has 1 aromatic rings. The second kappa shape index (κ2) is 8.52. The number of amides is 2. The van der Waals surface area contributed by atoms with E-state index in [2.05, 4.69) is 10.2 Å².